The van der Waals surface area contributed by atoms with Crippen LogP contribution >= 0.6 is 0 Å². The molecule has 0 aliphatic carbocycles. The second-order valence-corrected chi connectivity index (χ2v) is 8.13. The molecule has 0 aromatic heterocycles. The van der Waals surface area contributed by atoms with Crippen LogP contribution in [0.25, 0.3) is 0 Å². The molecule has 0 radical (unpaired) electrons. The Morgan fingerprint density at radius 3 is 2.05 bits per heavy atom. The third kappa shape index (κ3) is 5.14. The Bertz CT molecular complexity index is 403. The van der Waals surface area contributed by atoms with Gasteiger partial charge < -0.3 is 5.11 Å². The van der Waals surface area contributed by atoms with Crippen LogP contribution in [0.1, 0.15) is 72.3 Å². The number of aliphatic hydroxyl groups is 1. The Kier molecular flexibility index (Phi) is 6.46. The van der Waals surface area contributed by atoms with Crippen molar-refractivity contribution >= 4 is 0 Å². The van der Waals surface area contributed by atoms with Gasteiger partial charge in [0.05, 0.1) is 0 Å². The van der Waals surface area contributed by atoms with E-state index in [0.29, 0.717) is 18.4 Å². The molecular weight excluding hydrogens is 256 g/mol. The van der Waals surface area contributed by atoms with Crippen LogP contribution in [0.15, 0.2) is 30.3 Å². The molecule has 1 unspecified atom stereocenters. The Balaban J connectivity index is 3.04. The molecule has 1 heteroatoms. The molecule has 0 heterocycles. The normalized spacial score (nSPS) is 14.5. The smallest absolute Gasteiger partial charge is 0.0431 e. The van der Waals surface area contributed by atoms with E-state index in [-0.39, 0.29) is 10.8 Å². The SMILES string of the molecule is CC(C)C(C)(C)C(CC(C)(C)CCCO)c1ccccc1. The lowest BCUT2D eigenvalue weighted by molar-refractivity contribution is 0.133. The summed E-state index contributed by atoms with van der Waals surface area (Å²) in [5.41, 5.74) is 1.97. The summed E-state index contributed by atoms with van der Waals surface area (Å²) in [7, 11) is 0. The fourth-order valence-electron chi connectivity index (χ4n) is 3.11. The first kappa shape index (κ1) is 18.2. The first-order chi connectivity index (χ1) is 9.70. The minimum atomic E-state index is 0.259. The number of rotatable bonds is 8. The molecule has 1 aromatic carbocycles. The number of benzene rings is 1. The first-order valence-corrected chi connectivity index (χ1v) is 8.36. The van der Waals surface area contributed by atoms with Gasteiger partial charge in [0.15, 0.2) is 0 Å². The maximum Gasteiger partial charge on any atom is 0.0431 e. The molecule has 0 aliphatic rings. The monoisotopic (exact) mass is 290 g/mol. The minimum absolute atomic E-state index is 0.259. The zero-order valence-electron chi connectivity index (χ0n) is 14.8. The molecule has 0 bridgehead atoms. The fourth-order valence-corrected chi connectivity index (χ4v) is 3.11. The zero-order valence-corrected chi connectivity index (χ0v) is 14.8. The fraction of sp³-hybridized carbons (Fsp3) is 0.700. The highest BCUT2D eigenvalue weighted by atomic mass is 16.2. The van der Waals surface area contributed by atoms with Crippen molar-refractivity contribution in [2.75, 3.05) is 6.61 Å². The van der Waals surface area contributed by atoms with Crippen LogP contribution in [-0.4, -0.2) is 11.7 Å². The summed E-state index contributed by atoms with van der Waals surface area (Å²) in [5, 5.41) is 9.13. The van der Waals surface area contributed by atoms with Gasteiger partial charge >= 0.3 is 0 Å². The minimum Gasteiger partial charge on any atom is -0.396 e. The maximum atomic E-state index is 9.13. The van der Waals surface area contributed by atoms with E-state index in [1.807, 2.05) is 0 Å². The van der Waals surface area contributed by atoms with Gasteiger partial charge in [-0.15, -0.1) is 0 Å². The molecular formula is C20H34O. The molecule has 120 valence electrons. The molecule has 0 aliphatic heterocycles. The summed E-state index contributed by atoms with van der Waals surface area (Å²) >= 11 is 0. The van der Waals surface area contributed by atoms with E-state index in [4.69, 9.17) is 5.11 Å². The van der Waals surface area contributed by atoms with Crippen LogP contribution in [0.5, 0.6) is 0 Å². The van der Waals surface area contributed by atoms with Crippen molar-refractivity contribution in [1.82, 2.24) is 0 Å². The molecule has 1 rings (SSSR count). The van der Waals surface area contributed by atoms with Gasteiger partial charge in [0.1, 0.15) is 0 Å². The standard InChI is InChI=1S/C20H34O/c1-16(2)20(5,6)18(17-11-8-7-9-12-17)15-19(3,4)13-10-14-21/h7-9,11-12,16,18,21H,10,13-15H2,1-6H3. The van der Waals surface area contributed by atoms with E-state index in [0.717, 1.165) is 12.8 Å². The summed E-state index contributed by atoms with van der Waals surface area (Å²) < 4.78 is 0. The van der Waals surface area contributed by atoms with E-state index >= 15 is 0 Å². The van der Waals surface area contributed by atoms with Crippen molar-refractivity contribution in [2.45, 2.75) is 66.7 Å². The molecule has 1 N–H and O–H groups in total. The van der Waals surface area contributed by atoms with Gasteiger partial charge in [-0.3, -0.25) is 0 Å². The predicted molar refractivity (Wildman–Crippen MR) is 92.5 cm³/mol. The summed E-state index contributed by atoms with van der Waals surface area (Å²) in [4.78, 5) is 0. The van der Waals surface area contributed by atoms with E-state index in [1.54, 1.807) is 0 Å². The third-order valence-corrected chi connectivity index (χ3v) is 5.36. The second kappa shape index (κ2) is 7.45. The lowest BCUT2D eigenvalue weighted by atomic mass is 9.62. The van der Waals surface area contributed by atoms with Gasteiger partial charge in [0.25, 0.3) is 0 Å². The molecule has 1 nitrogen and oxygen atoms in total. The second-order valence-electron chi connectivity index (χ2n) is 8.13. The lowest BCUT2D eigenvalue weighted by Crippen LogP contribution is -2.31. The average Bonchev–Trinajstić information content (AvgIpc) is 2.43. The van der Waals surface area contributed by atoms with Gasteiger partial charge in [-0.1, -0.05) is 71.9 Å². The molecule has 0 spiro atoms. The van der Waals surface area contributed by atoms with Gasteiger partial charge in [0, 0.05) is 6.61 Å². The molecule has 0 saturated heterocycles. The highest BCUT2D eigenvalue weighted by Crippen LogP contribution is 2.48. The maximum absolute atomic E-state index is 9.13. The molecule has 0 fully saturated rings. The molecule has 0 amide bonds. The van der Waals surface area contributed by atoms with Crippen molar-refractivity contribution in [2.24, 2.45) is 16.7 Å². The highest BCUT2D eigenvalue weighted by molar-refractivity contribution is 5.22. The summed E-state index contributed by atoms with van der Waals surface area (Å²) in [6, 6.07) is 11.0. The summed E-state index contributed by atoms with van der Waals surface area (Å²) in [6.45, 7) is 14.4. The summed E-state index contributed by atoms with van der Waals surface area (Å²) in [5.74, 6) is 1.18. The molecule has 1 atom stereocenters. The van der Waals surface area contributed by atoms with E-state index < -0.39 is 0 Å². The molecule has 21 heavy (non-hydrogen) atoms. The zero-order chi connectivity index (χ0) is 16.1. The largest absolute Gasteiger partial charge is 0.396 e. The van der Waals surface area contributed by atoms with Gasteiger partial charge in [-0.2, -0.15) is 0 Å². The van der Waals surface area contributed by atoms with E-state index in [2.05, 4.69) is 71.9 Å². The Hall–Kier alpha value is -0.820. The topological polar surface area (TPSA) is 20.2 Å². The summed E-state index contributed by atoms with van der Waals surface area (Å²) in [6.07, 6.45) is 3.15. The number of aliphatic hydroxyl groups excluding tert-OH is 1. The quantitative estimate of drug-likeness (QED) is 0.656. The van der Waals surface area contributed by atoms with Crippen molar-refractivity contribution in [3.8, 4) is 0 Å². The Labute approximate surface area is 131 Å². The van der Waals surface area contributed by atoms with Gasteiger partial charge in [-0.05, 0) is 47.5 Å². The Morgan fingerprint density at radius 1 is 1.00 bits per heavy atom. The first-order valence-electron chi connectivity index (χ1n) is 8.36. The van der Waals surface area contributed by atoms with E-state index in [9.17, 15) is 0 Å². The van der Waals surface area contributed by atoms with Crippen LogP contribution < -0.4 is 0 Å². The van der Waals surface area contributed by atoms with Crippen molar-refractivity contribution < 1.29 is 5.11 Å². The molecule has 0 saturated carbocycles. The third-order valence-electron chi connectivity index (χ3n) is 5.36. The van der Waals surface area contributed by atoms with E-state index in [1.165, 1.54) is 12.0 Å². The lowest BCUT2D eigenvalue weighted by Gasteiger charge is -2.42. The van der Waals surface area contributed by atoms with Crippen LogP contribution in [0.4, 0.5) is 0 Å². The van der Waals surface area contributed by atoms with Crippen molar-refractivity contribution in [3.05, 3.63) is 35.9 Å². The average molecular weight is 290 g/mol. The van der Waals surface area contributed by atoms with Gasteiger partial charge in [0.2, 0.25) is 0 Å². The molecule has 1 aromatic rings. The number of hydrogen-bond donors (Lipinski definition) is 1. The van der Waals surface area contributed by atoms with Gasteiger partial charge in [-0.25, -0.2) is 0 Å². The number of hydrogen-bond acceptors (Lipinski definition) is 1. The van der Waals surface area contributed by atoms with Crippen LogP contribution in [0.3, 0.4) is 0 Å². The van der Waals surface area contributed by atoms with Crippen molar-refractivity contribution in [3.63, 3.8) is 0 Å². The van der Waals surface area contributed by atoms with Crippen LogP contribution in [0.2, 0.25) is 0 Å². The van der Waals surface area contributed by atoms with Crippen LogP contribution in [-0.2, 0) is 0 Å². The predicted octanol–water partition coefficient (Wildman–Crippen LogP) is 5.64. The highest BCUT2D eigenvalue weighted by Gasteiger charge is 2.37. The Morgan fingerprint density at radius 2 is 1.57 bits per heavy atom. The van der Waals surface area contributed by atoms with Crippen LogP contribution in [0, 0.1) is 16.7 Å². The van der Waals surface area contributed by atoms with Crippen molar-refractivity contribution in [1.29, 1.82) is 0 Å².